The molecule has 0 aliphatic carbocycles. The van der Waals surface area contributed by atoms with Gasteiger partial charge < -0.3 is 15.0 Å². The standard InChI is InChI=1S/C13H11ClN2O3/c1-16-7-8(2-5-12(16)18)13(19)15-10-4-3-9(14)6-11(10)17/h2-7,17H,1H3,(H,15,19). The number of anilines is 1. The van der Waals surface area contributed by atoms with Gasteiger partial charge in [-0.2, -0.15) is 0 Å². The number of nitrogens with zero attached hydrogens (tertiary/aromatic N) is 1. The van der Waals surface area contributed by atoms with Crippen molar-refractivity contribution in [2.45, 2.75) is 0 Å². The number of hydrogen-bond acceptors (Lipinski definition) is 3. The first kappa shape index (κ1) is 13.2. The minimum Gasteiger partial charge on any atom is -0.506 e. The van der Waals surface area contributed by atoms with Crippen LogP contribution in [0.5, 0.6) is 5.75 Å². The normalized spacial score (nSPS) is 10.2. The Morgan fingerprint density at radius 3 is 2.68 bits per heavy atom. The molecule has 0 spiro atoms. The average molecular weight is 279 g/mol. The lowest BCUT2D eigenvalue weighted by atomic mass is 10.2. The Bertz CT molecular complexity index is 695. The topological polar surface area (TPSA) is 71.3 Å². The fraction of sp³-hybridized carbons (Fsp3) is 0.0769. The predicted molar refractivity (Wildman–Crippen MR) is 72.8 cm³/mol. The number of amides is 1. The summed E-state index contributed by atoms with van der Waals surface area (Å²) in [5.74, 6) is -0.543. The van der Waals surface area contributed by atoms with E-state index in [1.807, 2.05) is 0 Å². The smallest absolute Gasteiger partial charge is 0.257 e. The number of aryl methyl sites for hydroxylation is 1. The molecular formula is C13H11ClN2O3. The Balaban J connectivity index is 2.25. The summed E-state index contributed by atoms with van der Waals surface area (Å²) in [7, 11) is 1.55. The third kappa shape index (κ3) is 2.95. The van der Waals surface area contributed by atoms with E-state index >= 15 is 0 Å². The maximum atomic E-state index is 11.9. The minimum absolute atomic E-state index is 0.120. The van der Waals surface area contributed by atoms with E-state index in [1.54, 1.807) is 13.1 Å². The number of aromatic hydroxyl groups is 1. The van der Waals surface area contributed by atoms with Gasteiger partial charge in [0.1, 0.15) is 5.75 Å². The van der Waals surface area contributed by atoms with Gasteiger partial charge in [0.15, 0.2) is 0 Å². The summed E-state index contributed by atoms with van der Waals surface area (Å²) in [6.45, 7) is 0. The van der Waals surface area contributed by atoms with Crippen LogP contribution in [-0.4, -0.2) is 15.6 Å². The molecule has 1 aromatic heterocycles. The SMILES string of the molecule is Cn1cc(C(=O)Nc2ccc(Cl)cc2O)ccc1=O. The molecule has 1 amide bonds. The van der Waals surface area contributed by atoms with Crippen LogP contribution in [-0.2, 0) is 7.05 Å². The van der Waals surface area contributed by atoms with E-state index in [4.69, 9.17) is 11.6 Å². The van der Waals surface area contributed by atoms with Crippen molar-refractivity contribution >= 4 is 23.2 Å². The van der Waals surface area contributed by atoms with Crippen LogP contribution in [0.15, 0.2) is 41.3 Å². The second kappa shape index (κ2) is 5.16. The number of halogens is 1. The highest BCUT2D eigenvalue weighted by atomic mass is 35.5. The maximum absolute atomic E-state index is 11.9. The summed E-state index contributed by atoms with van der Waals surface area (Å²) < 4.78 is 1.30. The van der Waals surface area contributed by atoms with Crippen molar-refractivity contribution in [3.8, 4) is 5.75 Å². The highest BCUT2D eigenvalue weighted by Crippen LogP contribution is 2.26. The Morgan fingerprint density at radius 2 is 2.05 bits per heavy atom. The van der Waals surface area contributed by atoms with Crippen LogP contribution in [0.3, 0.4) is 0 Å². The van der Waals surface area contributed by atoms with Gasteiger partial charge in [-0.15, -0.1) is 0 Å². The van der Waals surface area contributed by atoms with E-state index < -0.39 is 5.91 Å². The van der Waals surface area contributed by atoms with Gasteiger partial charge in [0, 0.05) is 30.4 Å². The molecule has 5 nitrogen and oxygen atoms in total. The molecule has 19 heavy (non-hydrogen) atoms. The van der Waals surface area contributed by atoms with Crippen molar-refractivity contribution in [2.75, 3.05) is 5.32 Å². The lowest BCUT2D eigenvalue weighted by molar-refractivity contribution is 0.102. The van der Waals surface area contributed by atoms with Crippen LogP contribution in [0.1, 0.15) is 10.4 Å². The lowest BCUT2D eigenvalue weighted by Crippen LogP contribution is -2.19. The summed E-state index contributed by atoms with van der Waals surface area (Å²) >= 11 is 5.70. The third-order valence-corrected chi connectivity index (χ3v) is 2.79. The molecular weight excluding hydrogens is 268 g/mol. The summed E-state index contributed by atoms with van der Waals surface area (Å²) in [5.41, 5.74) is 0.366. The first-order valence-electron chi connectivity index (χ1n) is 5.44. The number of carbonyl (C=O) groups is 1. The van der Waals surface area contributed by atoms with Crippen molar-refractivity contribution in [2.24, 2.45) is 7.05 Å². The number of hydrogen-bond donors (Lipinski definition) is 2. The average Bonchev–Trinajstić information content (AvgIpc) is 2.36. The van der Waals surface area contributed by atoms with Crippen LogP contribution >= 0.6 is 11.6 Å². The van der Waals surface area contributed by atoms with Gasteiger partial charge in [-0.25, -0.2) is 0 Å². The van der Waals surface area contributed by atoms with E-state index in [9.17, 15) is 14.7 Å². The maximum Gasteiger partial charge on any atom is 0.257 e. The van der Waals surface area contributed by atoms with Gasteiger partial charge in [0.2, 0.25) is 5.56 Å². The molecule has 0 aliphatic heterocycles. The second-order valence-electron chi connectivity index (χ2n) is 3.98. The zero-order valence-electron chi connectivity index (χ0n) is 10.1. The summed E-state index contributed by atoms with van der Waals surface area (Å²) in [4.78, 5) is 23.2. The molecule has 0 fully saturated rings. The van der Waals surface area contributed by atoms with E-state index in [2.05, 4.69) is 5.32 Å². The number of carbonyl (C=O) groups excluding carboxylic acids is 1. The summed E-state index contributed by atoms with van der Waals surface area (Å²) in [6.07, 6.45) is 1.42. The Labute approximate surface area is 114 Å². The molecule has 6 heteroatoms. The van der Waals surface area contributed by atoms with Crippen LogP contribution < -0.4 is 10.9 Å². The van der Waals surface area contributed by atoms with Gasteiger partial charge in [0.25, 0.3) is 5.91 Å². The Kier molecular flexibility index (Phi) is 3.57. The first-order valence-corrected chi connectivity index (χ1v) is 5.82. The molecule has 0 atom stereocenters. The molecule has 0 bridgehead atoms. The Hall–Kier alpha value is -2.27. The van der Waals surface area contributed by atoms with E-state index in [1.165, 1.54) is 35.0 Å². The number of rotatable bonds is 2. The number of pyridine rings is 1. The molecule has 1 aromatic carbocycles. The fourth-order valence-corrected chi connectivity index (χ4v) is 1.70. The molecule has 2 aromatic rings. The van der Waals surface area contributed by atoms with Crippen molar-refractivity contribution in [3.63, 3.8) is 0 Å². The molecule has 0 unspecified atom stereocenters. The second-order valence-corrected chi connectivity index (χ2v) is 4.42. The molecule has 0 saturated heterocycles. The van der Waals surface area contributed by atoms with E-state index in [0.717, 1.165) is 0 Å². The van der Waals surface area contributed by atoms with Crippen LogP contribution in [0.4, 0.5) is 5.69 Å². The van der Waals surface area contributed by atoms with E-state index in [0.29, 0.717) is 10.6 Å². The van der Waals surface area contributed by atoms with Crippen molar-refractivity contribution in [1.29, 1.82) is 0 Å². The molecule has 1 heterocycles. The number of aromatic nitrogens is 1. The van der Waals surface area contributed by atoms with Gasteiger partial charge >= 0.3 is 0 Å². The fourth-order valence-electron chi connectivity index (χ4n) is 1.53. The van der Waals surface area contributed by atoms with Crippen LogP contribution in [0.2, 0.25) is 5.02 Å². The number of benzene rings is 1. The number of phenols is 1. The van der Waals surface area contributed by atoms with Gasteiger partial charge in [-0.05, 0) is 18.2 Å². The zero-order chi connectivity index (χ0) is 14.0. The lowest BCUT2D eigenvalue weighted by Gasteiger charge is -2.08. The van der Waals surface area contributed by atoms with Crippen LogP contribution in [0.25, 0.3) is 0 Å². The summed E-state index contributed by atoms with van der Waals surface area (Å²) in [6, 6.07) is 7.11. The van der Waals surface area contributed by atoms with Crippen molar-refractivity contribution in [1.82, 2.24) is 4.57 Å². The number of phenolic OH excluding ortho intramolecular Hbond substituents is 1. The van der Waals surface area contributed by atoms with Crippen molar-refractivity contribution < 1.29 is 9.90 Å². The zero-order valence-corrected chi connectivity index (χ0v) is 10.8. The highest BCUT2D eigenvalue weighted by Gasteiger charge is 2.10. The van der Waals surface area contributed by atoms with Crippen LogP contribution in [0, 0.1) is 0 Å². The number of nitrogens with one attached hydrogen (secondary N) is 1. The van der Waals surface area contributed by atoms with E-state index in [-0.39, 0.29) is 17.0 Å². The first-order chi connectivity index (χ1) is 8.97. The molecule has 98 valence electrons. The quantitative estimate of drug-likeness (QED) is 0.826. The predicted octanol–water partition coefficient (Wildman–Crippen LogP) is 2.00. The monoisotopic (exact) mass is 278 g/mol. The minimum atomic E-state index is -0.423. The summed E-state index contributed by atoms with van der Waals surface area (Å²) in [5, 5.41) is 12.5. The molecule has 0 aliphatic rings. The molecule has 0 radical (unpaired) electrons. The van der Waals surface area contributed by atoms with Gasteiger partial charge in [-0.3, -0.25) is 9.59 Å². The third-order valence-electron chi connectivity index (χ3n) is 2.56. The highest BCUT2D eigenvalue weighted by molar-refractivity contribution is 6.30. The van der Waals surface area contributed by atoms with Crippen molar-refractivity contribution in [3.05, 3.63) is 57.5 Å². The van der Waals surface area contributed by atoms with Gasteiger partial charge in [0.05, 0.1) is 11.3 Å². The molecule has 2 N–H and O–H groups in total. The molecule has 2 rings (SSSR count). The largest absolute Gasteiger partial charge is 0.506 e. The Morgan fingerprint density at radius 1 is 1.32 bits per heavy atom. The molecule has 0 saturated carbocycles. The van der Waals surface area contributed by atoms with Gasteiger partial charge in [-0.1, -0.05) is 11.6 Å².